The molecule has 0 spiro atoms. The summed E-state index contributed by atoms with van der Waals surface area (Å²) in [5.41, 5.74) is 3.59. The minimum atomic E-state index is 0.0703. The molecule has 1 aromatic carbocycles. The van der Waals surface area contributed by atoms with E-state index >= 15 is 0 Å². The molecule has 3 aromatic rings. The average molecular weight is 452 g/mol. The summed E-state index contributed by atoms with van der Waals surface area (Å²) >= 11 is 0. The van der Waals surface area contributed by atoms with Gasteiger partial charge in [-0.2, -0.15) is 0 Å². The first-order chi connectivity index (χ1) is 16.0. The molecule has 0 saturated carbocycles. The first-order valence-corrected chi connectivity index (χ1v) is 11.3. The smallest absolute Gasteiger partial charge is 0.255 e. The van der Waals surface area contributed by atoms with Gasteiger partial charge < -0.3 is 24.2 Å². The summed E-state index contributed by atoms with van der Waals surface area (Å²) in [5, 5.41) is 0. The monoisotopic (exact) mass is 451 g/mol. The predicted octanol–water partition coefficient (Wildman–Crippen LogP) is 2.69. The molecule has 1 aliphatic rings. The van der Waals surface area contributed by atoms with Gasteiger partial charge in [0.2, 0.25) is 0 Å². The molecule has 0 unspecified atom stereocenters. The van der Waals surface area contributed by atoms with E-state index < -0.39 is 0 Å². The molecule has 1 fully saturated rings. The second-order valence-corrected chi connectivity index (χ2v) is 8.52. The van der Waals surface area contributed by atoms with Gasteiger partial charge in [0.15, 0.2) is 0 Å². The number of ether oxygens (including phenoxy) is 2. The molecular formula is C25H33N5O3. The fraction of sp³-hybridized carbons (Fsp3) is 0.440. The zero-order chi connectivity index (χ0) is 23.4. The predicted molar refractivity (Wildman–Crippen MR) is 129 cm³/mol. The van der Waals surface area contributed by atoms with E-state index in [9.17, 15) is 4.79 Å². The minimum Gasteiger partial charge on any atom is -0.497 e. The number of anilines is 1. The lowest BCUT2D eigenvalue weighted by Crippen LogP contribution is -2.47. The van der Waals surface area contributed by atoms with E-state index in [0.717, 1.165) is 54.7 Å². The van der Waals surface area contributed by atoms with Crippen molar-refractivity contribution in [2.45, 2.75) is 13.5 Å². The lowest BCUT2D eigenvalue weighted by molar-refractivity contribution is 0.0663. The number of nitrogens with zero attached hydrogens (tertiary/aromatic N) is 5. The van der Waals surface area contributed by atoms with Crippen LogP contribution in [0.4, 0.5) is 5.82 Å². The first-order valence-electron chi connectivity index (χ1n) is 11.3. The molecular weight excluding hydrogens is 418 g/mol. The number of amides is 1. The molecule has 0 aliphatic carbocycles. The molecule has 4 rings (SSSR count). The van der Waals surface area contributed by atoms with Crippen molar-refractivity contribution in [3.8, 4) is 5.75 Å². The highest BCUT2D eigenvalue weighted by Crippen LogP contribution is 2.25. The van der Waals surface area contributed by atoms with Gasteiger partial charge in [-0.05, 0) is 43.8 Å². The molecule has 8 nitrogen and oxygen atoms in total. The van der Waals surface area contributed by atoms with Crippen LogP contribution in [0.2, 0.25) is 0 Å². The Morgan fingerprint density at radius 2 is 1.79 bits per heavy atom. The summed E-state index contributed by atoms with van der Waals surface area (Å²) in [7, 11) is 5.47. The van der Waals surface area contributed by atoms with Crippen LogP contribution in [-0.2, 0) is 11.3 Å². The number of hydrogen-bond donors (Lipinski definition) is 0. The number of rotatable bonds is 8. The number of pyridine rings is 1. The number of benzene rings is 1. The van der Waals surface area contributed by atoms with Gasteiger partial charge in [-0.15, -0.1) is 0 Å². The number of carbonyl (C=O) groups excluding carboxylic acids is 1. The number of aromatic nitrogens is 2. The second kappa shape index (κ2) is 10.2. The van der Waals surface area contributed by atoms with Gasteiger partial charge in [0.05, 0.1) is 25.0 Å². The normalized spacial score (nSPS) is 14.6. The van der Waals surface area contributed by atoms with Crippen LogP contribution in [-0.4, -0.2) is 85.7 Å². The van der Waals surface area contributed by atoms with E-state index in [-0.39, 0.29) is 5.91 Å². The number of piperazine rings is 1. The Hall–Kier alpha value is -3.10. The summed E-state index contributed by atoms with van der Waals surface area (Å²) in [5.74, 6) is 1.88. The van der Waals surface area contributed by atoms with Crippen molar-refractivity contribution in [2.24, 2.45) is 0 Å². The average Bonchev–Trinajstić information content (AvgIpc) is 3.17. The molecule has 0 bridgehead atoms. The molecule has 0 atom stereocenters. The fourth-order valence-electron chi connectivity index (χ4n) is 4.26. The number of carbonyl (C=O) groups is 1. The number of fused-ring (bicyclic) bond motifs is 1. The van der Waals surface area contributed by atoms with E-state index in [0.29, 0.717) is 25.3 Å². The standard InChI is InChI=1S/C25H33N5O3/c1-19-24(29(15-16-32-3)17-20-5-8-22(33-4)9-6-20)30-18-21(7-10-23(30)26-19)25(31)28-13-11-27(2)12-14-28/h5-10,18H,11-17H2,1-4H3. The molecule has 1 aliphatic heterocycles. The Morgan fingerprint density at radius 3 is 2.45 bits per heavy atom. The third-order valence-electron chi connectivity index (χ3n) is 6.20. The van der Waals surface area contributed by atoms with Crippen LogP contribution in [0.25, 0.3) is 5.65 Å². The second-order valence-electron chi connectivity index (χ2n) is 8.52. The maximum atomic E-state index is 13.2. The van der Waals surface area contributed by atoms with Crippen molar-refractivity contribution in [2.75, 3.05) is 65.5 Å². The van der Waals surface area contributed by atoms with E-state index in [2.05, 4.69) is 29.0 Å². The zero-order valence-electron chi connectivity index (χ0n) is 20.0. The molecule has 2 aromatic heterocycles. The highest BCUT2D eigenvalue weighted by Gasteiger charge is 2.22. The van der Waals surface area contributed by atoms with Gasteiger partial charge >= 0.3 is 0 Å². The summed E-state index contributed by atoms with van der Waals surface area (Å²) in [6.07, 6.45) is 1.93. The Kier molecular flexibility index (Phi) is 7.15. The summed E-state index contributed by atoms with van der Waals surface area (Å²) in [6.45, 7) is 7.29. The van der Waals surface area contributed by atoms with Crippen LogP contribution < -0.4 is 9.64 Å². The Bertz CT molecular complexity index is 1090. The molecule has 0 N–H and O–H groups in total. The van der Waals surface area contributed by atoms with Crippen LogP contribution in [0.3, 0.4) is 0 Å². The topological polar surface area (TPSA) is 62.6 Å². The van der Waals surface area contributed by atoms with Crippen LogP contribution in [0.1, 0.15) is 21.6 Å². The molecule has 1 amide bonds. The molecule has 176 valence electrons. The SMILES string of the molecule is COCCN(Cc1ccc(OC)cc1)c1c(C)nc2ccc(C(=O)N3CCN(C)CC3)cn12. The lowest BCUT2D eigenvalue weighted by atomic mass is 10.2. The van der Waals surface area contributed by atoms with Gasteiger partial charge in [0.1, 0.15) is 17.2 Å². The van der Waals surface area contributed by atoms with Gasteiger partial charge in [-0.3, -0.25) is 9.20 Å². The molecule has 3 heterocycles. The highest BCUT2D eigenvalue weighted by molar-refractivity contribution is 5.94. The molecule has 1 saturated heterocycles. The number of hydrogen-bond acceptors (Lipinski definition) is 6. The Labute approximate surface area is 195 Å². The van der Waals surface area contributed by atoms with E-state index in [4.69, 9.17) is 14.5 Å². The zero-order valence-corrected chi connectivity index (χ0v) is 20.0. The van der Waals surface area contributed by atoms with Crippen LogP contribution >= 0.6 is 0 Å². The van der Waals surface area contributed by atoms with Crippen molar-refractivity contribution in [3.05, 3.63) is 59.4 Å². The van der Waals surface area contributed by atoms with E-state index in [1.54, 1.807) is 14.2 Å². The summed E-state index contributed by atoms with van der Waals surface area (Å²) < 4.78 is 12.7. The van der Waals surface area contributed by atoms with Crippen LogP contribution in [0.15, 0.2) is 42.6 Å². The van der Waals surface area contributed by atoms with Crippen molar-refractivity contribution < 1.29 is 14.3 Å². The Balaban J connectivity index is 1.66. The van der Waals surface area contributed by atoms with Crippen molar-refractivity contribution in [1.29, 1.82) is 0 Å². The number of likely N-dealkylation sites (N-methyl/N-ethyl adjacent to an activating group) is 1. The van der Waals surface area contributed by atoms with E-state index in [1.807, 2.05) is 46.7 Å². The van der Waals surface area contributed by atoms with Gasteiger partial charge in [-0.1, -0.05) is 12.1 Å². The number of imidazole rings is 1. The lowest BCUT2D eigenvalue weighted by Gasteiger charge is -2.32. The molecule has 0 radical (unpaired) electrons. The third-order valence-corrected chi connectivity index (χ3v) is 6.20. The summed E-state index contributed by atoms with van der Waals surface area (Å²) in [4.78, 5) is 24.4. The minimum absolute atomic E-state index is 0.0703. The van der Waals surface area contributed by atoms with Crippen molar-refractivity contribution in [3.63, 3.8) is 0 Å². The van der Waals surface area contributed by atoms with Gasteiger partial charge in [0.25, 0.3) is 5.91 Å². The molecule has 33 heavy (non-hydrogen) atoms. The van der Waals surface area contributed by atoms with Gasteiger partial charge in [0, 0.05) is 52.6 Å². The van der Waals surface area contributed by atoms with E-state index in [1.165, 1.54) is 0 Å². The summed E-state index contributed by atoms with van der Waals surface area (Å²) in [6, 6.07) is 11.9. The highest BCUT2D eigenvalue weighted by atomic mass is 16.5. The number of aryl methyl sites for hydroxylation is 1. The maximum absolute atomic E-state index is 13.2. The fourth-order valence-corrected chi connectivity index (χ4v) is 4.26. The largest absolute Gasteiger partial charge is 0.497 e. The quantitative estimate of drug-likeness (QED) is 0.525. The van der Waals surface area contributed by atoms with Crippen molar-refractivity contribution >= 4 is 17.4 Å². The van der Waals surface area contributed by atoms with Crippen LogP contribution in [0, 0.1) is 6.92 Å². The third kappa shape index (κ3) is 5.12. The number of methoxy groups -OCH3 is 2. The maximum Gasteiger partial charge on any atom is 0.255 e. The Morgan fingerprint density at radius 1 is 1.06 bits per heavy atom. The van der Waals surface area contributed by atoms with Gasteiger partial charge in [-0.25, -0.2) is 4.98 Å². The van der Waals surface area contributed by atoms with Crippen molar-refractivity contribution in [1.82, 2.24) is 19.2 Å². The van der Waals surface area contributed by atoms with Crippen LogP contribution in [0.5, 0.6) is 5.75 Å². The first kappa shape index (κ1) is 23.1. The molecule has 8 heteroatoms.